The molecule has 9 heteroatoms. The van der Waals surface area contributed by atoms with Gasteiger partial charge in [0.2, 0.25) is 0 Å². The normalized spacial score (nSPS) is 13.8. The molecule has 1 aromatic heterocycles. The maximum atomic E-state index is 12.6. The third-order valence-corrected chi connectivity index (χ3v) is 6.16. The third-order valence-electron chi connectivity index (χ3n) is 4.94. The zero-order valence-electron chi connectivity index (χ0n) is 16.0. The lowest BCUT2D eigenvalue weighted by molar-refractivity contribution is -0.384. The van der Waals surface area contributed by atoms with Gasteiger partial charge in [0.15, 0.2) is 5.13 Å². The average molecular weight is 443 g/mol. The lowest BCUT2D eigenvalue weighted by atomic mass is 10.1. The number of halogens is 1. The molecule has 1 aliphatic rings. The number of nitrogens with one attached hydrogen (secondary N) is 1. The number of hydrogen-bond donors (Lipinski definition) is 1. The van der Waals surface area contributed by atoms with Crippen LogP contribution >= 0.6 is 22.9 Å². The van der Waals surface area contributed by atoms with E-state index in [1.807, 2.05) is 23.6 Å². The quantitative estimate of drug-likeness (QED) is 0.409. The number of amides is 1. The van der Waals surface area contributed by atoms with Crippen molar-refractivity contribution in [1.82, 2.24) is 4.98 Å². The number of carbonyl (C=O) groups is 1. The Balaban J connectivity index is 1.51. The van der Waals surface area contributed by atoms with Gasteiger partial charge in [0, 0.05) is 41.4 Å². The molecule has 0 atom stereocenters. The second-order valence-corrected chi connectivity index (χ2v) is 8.27. The second kappa shape index (κ2) is 8.81. The lowest BCUT2D eigenvalue weighted by Crippen LogP contribution is -2.29. The number of benzene rings is 2. The summed E-state index contributed by atoms with van der Waals surface area (Å²) in [4.78, 5) is 30.1. The van der Waals surface area contributed by atoms with Crippen molar-refractivity contribution in [3.63, 3.8) is 0 Å². The molecule has 1 aliphatic heterocycles. The van der Waals surface area contributed by atoms with Gasteiger partial charge in [-0.05, 0) is 43.5 Å². The molecule has 30 heavy (non-hydrogen) atoms. The van der Waals surface area contributed by atoms with E-state index in [0.29, 0.717) is 5.69 Å². The van der Waals surface area contributed by atoms with Crippen LogP contribution in [0.4, 0.5) is 16.5 Å². The Bertz CT molecular complexity index is 1100. The minimum absolute atomic E-state index is 0.00779. The van der Waals surface area contributed by atoms with E-state index in [1.165, 1.54) is 37.5 Å². The van der Waals surface area contributed by atoms with Crippen molar-refractivity contribution in [1.29, 1.82) is 0 Å². The minimum atomic E-state index is -0.609. The number of piperidine rings is 1. The Hall–Kier alpha value is -2.97. The Morgan fingerprint density at radius 2 is 1.97 bits per heavy atom. The van der Waals surface area contributed by atoms with Crippen LogP contribution in [0.2, 0.25) is 5.02 Å². The smallest absolute Gasteiger partial charge is 0.288 e. The first-order valence-corrected chi connectivity index (χ1v) is 10.8. The number of carbonyl (C=O) groups excluding carboxylic acids is 1. The van der Waals surface area contributed by atoms with Crippen molar-refractivity contribution in [2.24, 2.45) is 0 Å². The monoisotopic (exact) mass is 442 g/mol. The molecule has 0 radical (unpaired) electrons. The zero-order chi connectivity index (χ0) is 21.1. The molecule has 1 saturated heterocycles. The summed E-state index contributed by atoms with van der Waals surface area (Å²) in [5, 5.41) is 16.9. The first kappa shape index (κ1) is 20.3. The predicted octanol–water partition coefficient (Wildman–Crippen LogP) is 5.61. The van der Waals surface area contributed by atoms with Crippen molar-refractivity contribution >= 4 is 45.4 Å². The Morgan fingerprint density at radius 3 is 2.73 bits per heavy atom. The largest absolute Gasteiger partial charge is 0.348 e. The van der Waals surface area contributed by atoms with Gasteiger partial charge in [0.05, 0.1) is 10.6 Å². The number of rotatable bonds is 5. The molecule has 0 spiro atoms. The summed E-state index contributed by atoms with van der Waals surface area (Å²) in [6.45, 7) is 2.08. The van der Waals surface area contributed by atoms with Crippen molar-refractivity contribution in [2.45, 2.75) is 19.3 Å². The molecule has 1 fully saturated rings. The Morgan fingerprint density at radius 1 is 1.17 bits per heavy atom. The van der Waals surface area contributed by atoms with E-state index in [0.717, 1.165) is 29.5 Å². The van der Waals surface area contributed by atoms with Crippen LogP contribution in [0.1, 0.15) is 29.6 Å². The molecule has 2 heterocycles. The maximum Gasteiger partial charge on any atom is 0.288 e. The Kier molecular flexibility index (Phi) is 5.96. The highest BCUT2D eigenvalue weighted by Gasteiger charge is 2.17. The average Bonchev–Trinajstić information content (AvgIpc) is 3.25. The van der Waals surface area contributed by atoms with E-state index in [9.17, 15) is 14.9 Å². The fraction of sp³-hybridized carbons (Fsp3) is 0.238. The number of thiazole rings is 1. The van der Waals surface area contributed by atoms with E-state index in [-0.39, 0.29) is 16.3 Å². The van der Waals surface area contributed by atoms with Crippen LogP contribution in [0, 0.1) is 10.1 Å². The molecule has 0 unspecified atom stereocenters. The molecule has 0 aliphatic carbocycles. The Labute approximate surface area is 182 Å². The van der Waals surface area contributed by atoms with Gasteiger partial charge in [-0.3, -0.25) is 14.9 Å². The molecular weight excluding hydrogens is 424 g/mol. The van der Waals surface area contributed by atoms with Crippen molar-refractivity contribution in [2.75, 3.05) is 23.3 Å². The standard InChI is InChI=1S/C21H19ClN4O3S/c22-17-8-7-15(12-19(17)26(28)29)20(27)23-16-6-4-5-14(11-16)18-13-30-21(24-18)25-9-2-1-3-10-25/h4-8,11-13H,1-3,9-10H2,(H,23,27). The van der Waals surface area contributed by atoms with Crippen LogP contribution in [0.25, 0.3) is 11.3 Å². The summed E-state index contributed by atoms with van der Waals surface area (Å²) in [5.41, 5.74) is 2.21. The van der Waals surface area contributed by atoms with E-state index >= 15 is 0 Å². The summed E-state index contributed by atoms with van der Waals surface area (Å²) < 4.78 is 0. The second-order valence-electron chi connectivity index (χ2n) is 7.02. The highest BCUT2D eigenvalue weighted by molar-refractivity contribution is 7.14. The predicted molar refractivity (Wildman–Crippen MR) is 120 cm³/mol. The molecule has 154 valence electrons. The first-order chi connectivity index (χ1) is 14.5. The fourth-order valence-electron chi connectivity index (χ4n) is 3.38. The molecule has 0 bridgehead atoms. The van der Waals surface area contributed by atoms with Gasteiger partial charge in [-0.1, -0.05) is 23.7 Å². The van der Waals surface area contributed by atoms with Crippen molar-refractivity contribution < 1.29 is 9.72 Å². The third kappa shape index (κ3) is 4.44. The fourth-order valence-corrected chi connectivity index (χ4v) is 4.46. The number of nitro groups is 1. The van der Waals surface area contributed by atoms with Gasteiger partial charge < -0.3 is 10.2 Å². The first-order valence-electron chi connectivity index (χ1n) is 9.57. The number of anilines is 2. The molecule has 1 amide bonds. The lowest BCUT2D eigenvalue weighted by Gasteiger charge is -2.25. The highest BCUT2D eigenvalue weighted by Crippen LogP contribution is 2.31. The SMILES string of the molecule is O=C(Nc1cccc(-c2csc(N3CCCCC3)n2)c1)c1ccc(Cl)c([N+](=O)[O-])c1. The van der Waals surface area contributed by atoms with Gasteiger partial charge in [-0.25, -0.2) is 4.98 Å². The molecule has 0 saturated carbocycles. The van der Waals surface area contributed by atoms with Crippen molar-refractivity contribution in [3.05, 3.63) is 68.5 Å². The van der Waals surface area contributed by atoms with Crippen LogP contribution in [-0.4, -0.2) is 28.9 Å². The molecule has 7 nitrogen and oxygen atoms in total. The molecular formula is C21H19ClN4O3S. The molecule has 2 aromatic carbocycles. The van der Waals surface area contributed by atoms with Gasteiger partial charge in [0.25, 0.3) is 11.6 Å². The van der Waals surface area contributed by atoms with Crippen molar-refractivity contribution in [3.8, 4) is 11.3 Å². The zero-order valence-corrected chi connectivity index (χ0v) is 17.6. The minimum Gasteiger partial charge on any atom is -0.348 e. The number of nitrogens with zero attached hydrogens (tertiary/aromatic N) is 3. The topological polar surface area (TPSA) is 88.4 Å². The number of aromatic nitrogens is 1. The van der Waals surface area contributed by atoms with Crippen LogP contribution in [0.15, 0.2) is 47.8 Å². The van der Waals surface area contributed by atoms with Gasteiger partial charge >= 0.3 is 0 Å². The summed E-state index contributed by atoms with van der Waals surface area (Å²) >= 11 is 7.44. The number of hydrogen-bond acceptors (Lipinski definition) is 6. The highest BCUT2D eigenvalue weighted by atomic mass is 35.5. The molecule has 3 aromatic rings. The summed E-state index contributed by atoms with van der Waals surface area (Å²) in [6.07, 6.45) is 3.66. The van der Waals surface area contributed by atoms with Crippen LogP contribution < -0.4 is 10.2 Å². The summed E-state index contributed by atoms with van der Waals surface area (Å²) in [7, 11) is 0. The van der Waals surface area contributed by atoms with Gasteiger partial charge in [-0.15, -0.1) is 11.3 Å². The molecule has 1 N–H and O–H groups in total. The van der Waals surface area contributed by atoms with Gasteiger partial charge in [-0.2, -0.15) is 0 Å². The van der Waals surface area contributed by atoms with Crippen LogP contribution in [0.3, 0.4) is 0 Å². The summed E-state index contributed by atoms with van der Waals surface area (Å²) in [5.74, 6) is -0.445. The maximum absolute atomic E-state index is 12.6. The van der Waals surface area contributed by atoms with E-state index in [2.05, 4.69) is 10.2 Å². The van der Waals surface area contributed by atoms with Crippen LogP contribution in [-0.2, 0) is 0 Å². The number of nitro benzene ring substituents is 1. The van der Waals surface area contributed by atoms with E-state index in [1.54, 1.807) is 17.4 Å². The summed E-state index contributed by atoms with van der Waals surface area (Å²) in [6, 6.07) is 11.4. The molecule has 4 rings (SSSR count). The van der Waals surface area contributed by atoms with E-state index in [4.69, 9.17) is 16.6 Å². The van der Waals surface area contributed by atoms with E-state index < -0.39 is 10.8 Å². The van der Waals surface area contributed by atoms with Crippen LogP contribution in [0.5, 0.6) is 0 Å². The van der Waals surface area contributed by atoms with Gasteiger partial charge in [0.1, 0.15) is 5.02 Å².